The minimum absolute atomic E-state index is 0.344. The van der Waals surface area contributed by atoms with E-state index in [1.54, 1.807) is 0 Å². The van der Waals surface area contributed by atoms with E-state index in [-0.39, 0.29) is 5.54 Å². The molecule has 68 valence electrons. The van der Waals surface area contributed by atoms with Gasteiger partial charge in [0.1, 0.15) is 6.29 Å². The van der Waals surface area contributed by atoms with E-state index in [1.807, 2.05) is 26.1 Å². The van der Waals surface area contributed by atoms with Gasteiger partial charge < -0.3 is 9.69 Å². The highest BCUT2D eigenvalue weighted by Gasteiger charge is 2.36. The minimum atomic E-state index is -0.344. The first-order chi connectivity index (χ1) is 6.17. The first-order valence-corrected chi connectivity index (χ1v) is 4.45. The normalized spacial score (nSPS) is 25.8. The van der Waals surface area contributed by atoms with Gasteiger partial charge in [-0.05, 0) is 18.6 Å². The first kappa shape index (κ1) is 8.30. The van der Waals surface area contributed by atoms with Crippen LogP contribution < -0.4 is 4.90 Å². The van der Waals surface area contributed by atoms with Crippen molar-refractivity contribution < 1.29 is 4.79 Å². The molecule has 1 aliphatic heterocycles. The van der Waals surface area contributed by atoms with Crippen molar-refractivity contribution in [2.45, 2.75) is 18.9 Å². The summed E-state index contributed by atoms with van der Waals surface area (Å²) in [6.45, 7) is 1.97. The number of hydrogen-bond donors (Lipinski definition) is 0. The molecule has 1 unspecified atom stereocenters. The Labute approximate surface area is 78.2 Å². The number of benzene rings is 1. The standard InChI is InChI=1S/C11H13NO/c1-11(8-13)7-9-5-3-4-6-10(9)12(11)2/h3-6,8H,7H2,1-2H3. The van der Waals surface area contributed by atoms with Crippen molar-refractivity contribution in [1.82, 2.24) is 0 Å². The Hall–Kier alpha value is -1.31. The Morgan fingerprint density at radius 1 is 1.46 bits per heavy atom. The molecule has 2 heteroatoms. The number of rotatable bonds is 1. The van der Waals surface area contributed by atoms with Crippen molar-refractivity contribution in [2.24, 2.45) is 0 Å². The molecule has 2 nitrogen and oxygen atoms in total. The van der Waals surface area contributed by atoms with Crippen LogP contribution in [0.25, 0.3) is 0 Å². The molecule has 1 aliphatic rings. The van der Waals surface area contributed by atoms with Crippen LogP contribution in [0.4, 0.5) is 5.69 Å². The van der Waals surface area contributed by atoms with Crippen LogP contribution in [-0.4, -0.2) is 18.9 Å². The van der Waals surface area contributed by atoms with Crippen LogP contribution in [0.15, 0.2) is 24.3 Å². The molecule has 1 atom stereocenters. The summed E-state index contributed by atoms with van der Waals surface area (Å²) in [6.07, 6.45) is 1.86. The summed E-state index contributed by atoms with van der Waals surface area (Å²) in [4.78, 5) is 13.0. The van der Waals surface area contributed by atoms with Crippen LogP contribution in [0, 0.1) is 0 Å². The Balaban J connectivity index is 2.49. The number of para-hydroxylation sites is 1. The molecular formula is C11H13NO. The summed E-state index contributed by atoms with van der Waals surface area (Å²) >= 11 is 0. The fourth-order valence-corrected chi connectivity index (χ4v) is 1.89. The maximum atomic E-state index is 11.0. The van der Waals surface area contributed by atoms with Crippen LogP contribution in [0.3, 0.4) is 0 Å². The summed E-state index contributed by atoms with van der Waals surface area (Å²) < 4.78 is 0. The Morgan fingerprint density at radius 2 is 2.15 bits per heavy atom. The molecule has 0 N–H and O–H groups in total. The second-order valence-corrected chi connectivity index (χ2v) is 3.84. The molecule has 13 heavy (non-hydrogen) atoms. The molecule has 0 spiro atoms. The maximum Gasteiger partial charge on any atom is 0.145 e. The number of hydrogen-bond acceptors (Lipinski definition) is 2. The molecule has 0 saturated carbocycles. The molecule has 0 saturated heterocycles. The fourth-order valence-electron chi connectivity index (χ4n) is 1.89. The minimum Gasteiger partial charge on any atom is -0.362 e. The van der Waals surface area contributed by atoms with Crippen LogP contribution in [-0.2, 0) is 11.2 Å². The molecule has 0 bridgehead atoms. The summed E-state index contributed by atoms with van der Waals surface area (Å²) in [5.41, 5.74) is 2.10. The van der Waals surface area contributed by atoms with E-state index in [9.17, 15) is 4.79 Å². The molecule has 1 aromatic rings. The second-order valence-electron chi connectivity index (χ2n) is 3.84. The number of fused-ring (bicyclic) bond motifs is 1. The second kappa shape index (κ2) is 2.59. The lowest BCUT2D eigenvalue weighted by Gasteiger charge is -2.28. The number of likely N-dealkylation sites (N-methyl/N-ethyl adjacent to an activating group) is 1. The zero-order valence-electron chi connectivity index (χ0n) is 7.95. The molecule has 0 aromatic heterocycles. The monoisotopic (exact) mass is 175 g/mol. The molecule has 0 aliphatic carbocycles. The number of nitrogens with zero attached hydrogens (tertiary/aromatic N) is 1. The van der Waals surface area contributed by atoms with Gasteiger partial charge in [-0.25, -0.2) is 0 Å². The van der Waals surface area contributed by atoms with E-state index >= 15 is 0 Å². The van der Waals surface area contributed by atoms with Gasteiger partial charge in [0.2, 0.25) is 0 Å². The van der Waals surface area contributed by atoms with E-state index < -0.39 is 0 Å². The number of aldehydes is 1. The number of carbonyl (C=O) groups is 1. The highest BCUT2D eigenvalue weighted by atomic mass is 16.1. The SMILES string of the molecule is CN1c2ccccc2CC1(C)C=O. The molecular weight excluding hydrogens is 162 g/mol. The average molecular weight is 175 g/mol. The third-order valence-corrected chi connectivity index (χ3v) is 2.92. The van der Waals surface area contributed by atoms with E-state index in [4.69, 9.17) is 0 Å². The predicted octanol–water partition coefficient (Wildman–Crippen LogP) is 1.64. The third-order valence-electron chi connectivity index (χ3n) is 2.92. The summed E-state index contributed by atoms with van der Waals surface area (Å²) in [6, 6.07) is 8.17. The lowest BCUT2D eigenvalue weighted by molar-refractivity contribution is -0.111. The van der Waals surface area contributed by atoms with Gasteiger partial charge in [0, 0.05) is 19.2 Å². The van der Waals surface area contributed by atoms with E-state index in [1.165, 1.54) is 11.3 Å². The lowest BCUT2D eigenvalue weighted by Crippen LogP contribution is -2.42. The molecule has 2 rings (SSSR count). The van der Waals surface area contributed by atoms with Crippen molar-refractivity contribution in [2.75, 3.05) is 11.9 Å². The molecule has 0 fully saturated rings. The van der Waals surface area contributed by atoms with Crippen LogP contribution >= 0.6 is 0 Å². The molecule has 0 radical (unpaired) electrons. The Kier molecular flexibility index (Phi) is 1.65. The van der Waals surface area contributed by atoms with Crippen molar-refractivity contribution in [3.05, 3.63) is 29.8 Å². The average Bonchev–Trinajstić information content (AvgIpc) is 2.41. The third kappa shape index (κ3) is 1.05. The summed E-state index contributed by atoms with van der Waals surface area (Å²) in [5.74, 6) is 0. The highest BCUT2D eigenvalue weighted by Crippen LogP contribution is 2.35. The van der Waals surface area contributed by atoms with Crippen LogP contribution in [0.5, 0.6) is 0 Å². The number of carbonyl (C=O) groups excluding carboxylic acids is 1. The molecule has 1 aromatic carbocycles. The van der Waals surface area contributed by atoms with Gasteiger partial charge in [-0.3, -0.25) is 0 Å². The van der Waals surface area contributed by atoms with Crippen molar-refractivity contribution in [1.29, 1.82) is 0 Å². The van der Waals surface area contributed by atoms with Gasteiger partial charge in [0.25, 0.3) is 0 Å². The highest BCUT2D eigenvalue weighted by molar-refractivity contribution is 5.77. The van der Waals surface area contributed by atoms with Crippen molar-refractivity contribution in [3.8, 4) is 0 Å². The lowest BCUT2D eigenvalue weighted by atomic mass is 9.99. The quantitative estimate of drug-likeness (QED) is 0.605. The molecule has 1 heterocycles. The summed E-state index contributed by atoms with van der Waals surface area (Å²) in [7, 11) is 1.97. The first-order valence-electron chi connectivity index (χ1n) is 4.45. The zero-order valence-corrected chi connectivity index (χ0v) is 7.95. The van der Waals surface area contributed by atoms with Gasteiger partial charge in [-0.1, -0.05) is 18.2 Å². The molecule has 0 amide bonds. The maximum absolute atomic E-state index is 11.0. The van der Waals surface area contributed by atoms with Gasteiger partial charge in [0.15, 0.2) is 0 Å². The predicted molar refractivity (Wildman–Crippen MR) is 53.0 cm³/mol. The summed E-state index contributed by atoms with van der Waals surface area (Å²) in [5, 5.41) is 0. The van der Waals surface area contributed by atoms with Crippen LogP contribution in [0.1, 0.15) is 12.5 Å². The van der Waals surface area contributed by atoms with Gasteiger partial charge in [-0.2, -0.15) is 0 Å². The largest absolute Gasteiger partial charge is 0.362 e. The Bertz CT molecular complexity index is 348. The Morgan fingerprint density at radius 3 is 2.77 bits per heavy atom. The van der Waals surface area contributed by atoms with E-state index in [0.29, 0.717) is 0 Å². The van der Waals surface area contributed by atoms with Crippen molar-refractivity contribution >= 4 is 12.0 Å². The fraction of sp³-hybridized carbons (Fsp3) is 0.364. The topological polar surface area (TPSA) is 20.3 Å². The van der Waals surface area contributed by atoms with Crippen molar-refractivity contribution in [3.63, 3.8) is 0 Å². The van der Waals surface area contributed by atoms with Gasteiger partial charge >= 0.3 is 0 Å². The smallest absolute Gasteiger partial charge is 0.145 e. The van der Waals surface area contributed by atoms with Gasteiger partial charge in [-0.15, -0.1) is 0 Å². The van der Waals surface area contributed by atoms with E-state index in [0.717, 1.165) is 12.7 Å². The van der Waals surface area contributed by atoms with Gasteiger partial charge in [0.05, 0.1) is 5.54 Å². The van der Waals surface area contributed by atoms with Crippen LogP contribution in [0.2, 0.25) is 0 Å². The van der Waals surface area contributed by atoms with E-state index in [2.05, 4.69) is 17.0 Å². The number of anilines is 1. The zero-order chi connectivity index (χ0) is 9.47.